The molecule has 19 heavy (non-hydrogen) atoms. The van der Waals surface area contributed by atoms with Crippen molar-refractivity contribution in [2.45, 2.75) is 12.5 Å². The fraction of sp³-hybridized carbons (Fsp3) is 0.333. The molecule has 0 spiro atoms. The first-order chi connectivity index (χ1) is 9.08. The maximum atomic E-state index is 11.3. The Morgan fingerprint density at radius 2 is 2.32 bits per heavy atom. The van der Waals surface area contributed by atoms with Gasteiger partial charge >= 0.3 is 6.03 Å². The second kappa shape index (κ2) is 4.40. The Bertz CT molecular complexity index is 653. The van der Waals surface area contributed by atoms with E-state index >= 15 is 0 Å². The van der Waals surface area contributed by atoms with Crippen LogP contribution in [-0.2, 0) is 0 Å². The van der Waals surface area contributed by atoms with Gasteiger partial charge in [-0.3, -0.25) is 4.57 Å². The Balaban J connectivity index is 2.17. The highest BCUT2D eigenvalue weighted by Gasteiger charge is 2.24. The molecule has 1 amide bonds. The van der Waals surface area contributed by atoms with Crippen LogP contribution in [0.15, 0.2) is 18.5 Å². The van der Waals surface area contributed by atoms with Crippen LogP contribution in [0.1, 0.15) is 6.42 Å². The van der Waals surface area contributed by atoms with Crippen molar-refractivity contribution in [2.24, 2.45) is 11.5 Å². The molecule has 0 aliphatic carbocycles. The molecule has 0 aromatic carbocycles. The highest BCUT2D eigenvalue weighted by molar-refractivity contribution is 6.34. The molecule has 1 saturated heterocycles. The molecule has 0 saturated carbocycles. The van der Waals surface area contributed by atoms with E-state index in [1.165, 1.54) is 4.57 Å². The monoisotopic (exact) mass is 279 g/mol. The first kappa shape index (κ1) is 12.3. The summed E-state index contributed by atoms with van der Waals surface area (Å²) in [5.41, 5.74) is 12.6. The van der Waals surface area contributed by atoms with Crippen molar-refractivity contribution in [3.05, 3.63) is 23.5 Å². The maximum Gasteiger partial charge on any atom is 0.324 e. The lowest BCUT2D eigenvalue weighted by molar-refractivity contribution is 0.251. The van der Waals surface area contributed by atoms with Crippen LogP contribution in [0.4, 0.5) is 10.5 Å². The van der Waals surface area contributed by atoms with Crippen LogP contribution in [0, 0.1) is 0 Å². The van der Waals surface area contributed by atoms with E-state index in [1.807, 2.05) is 0 Å². The predicted molar refractivity (Wildman–Crippen MR) is 74.5 cm³/mol. The van der Waals surface area contributed by atoms with Crippen LogP contribution >= 0.6 is 11.6 Å². The minimum atomic E-state index is -0.561. The average Bonchev–Trinajstić information content (AvgIpc) is 2.95. The number of hydrogen-bond acceptors (Lipinski definition) is 4. The van der Waals surface area contributed by atoms with E-state index in [9.17, 15) is 4.79 Å². The lowest BCUT2D eigenvalue weighted by atomic mass is 10.2. The first-order valence-electron chi connectivity index (χ1n) is 6.04. The molecule has 0 bridgehead atoms. The molecule has 1 fully saturated rings. The van der Waals surface area contributed by atoms with Gasteiger partial charge in [0.05, 0.1) is 16.9 Å². The van der Waals surface area contributed by atoms with Gasteiger partial charge in [0.2, 0.25) is 0 Å². The number of pyridine rings is 1. The van der Waals surface area contributed by atoms with E-state index in [1.54, 1.807) is 18.5 Å². The van der Waals surface area contributed by atoms with Gasteiger partial charge in [0.25, 0.3) is 0 Å². The fourth-order valence-electron chi connectivity index (χ4n) is 2.54. The normalized spacial score (nSPS) is 19.3. The zero-order valence-corrected chi connectivity index (χ0v) is 11.0. The molecule has 1 aliphatic heterocycles. The zero-order chi connectivity index (χ0) is 13.6. The fourth-order valence-corrected chi connectivity index (χ4v) is 2.81. The summed E-state index contributed by atoms with van der Waals surface area (Å²) in [5, 5.41) is 1.38. The molecule has 6 nitrogen and oxygen atoms in total. The van der Waals surface area contributed by atoms with Gasteiger partial charge in [-0.2, -0.15) is 0 Å². The highest BCUT2D eigenvalue weighted by Crippen LogP contribution is 2.35. The summed E-state index contributed by atoms with van der Waals surface area (Å²) in [5.74, 6) is 0. The van der Waals surface area contributed by atoms with Gasteiger partial charge in [-0.25, -0.2) is 9.78 Å². The maximum absolute atomic E-state index is 11.3. The minimum Gasteiger partial charge on any atom is -0.368 e. The van der Waals surface area contributed by atoms with Crippen molar-refractivity contribution in [1.82, 2.24) is 9.55 Å². The lowest BCUT2D eigenvalue weighted by Gasteiger charge is -2.20. The van der Waals surface area contributed by atoms with E-state index < -0.39 is 6.03 Å². The molecular formula is C12H14ClN5O. The third kappa shape index (κ3) is 1.93. The molecular weight excluding hydrogens is 266 g/mol. The van der Waals surface area contributed by atoms with Gasteiger partial charge in [0.1, 0.15) is 5.65 Å². The number of amides is 1. The standard InChI is InChI=1S/C12H14ClN5O/c13-9-5-16-11-8(2-4-18(11)12(15)19)10(9)17-3-1-7(14)6-17/h2,4-5,7H,1,3,6,14H2,(H2,15,19)/t7-/m1/s1. The number of halogens is 1. The Hall–Kier alpha value is -1.79. The molecule has 1 aliphatic rings. The third-order valence-electron chi connectivity index (χ3n) is 3.42. The van der Waals surface area contributed by atoms with Crippen molar-refractivity contribution in [1.29, 1.82) is 0 Å². The topological polar surface area (TPSA) is 90.2 Å². The van der Waals surface area contributed by atoms with E-state index in [-0.39, 0.29) is 6.04 Å². The summed E-state index contributed by atoms with van der Waals surface area (Å²) in [6.07, 6.45) is 4.08. The molecule has 100 valence electrons. The number of carbonyl (C=O) groups is 1. The van der Waals surface area contributed by atoms with Gasteiger partial charge in [-0.05, 0) is 12.5 Å². The van der Waals surface area contributed by atoms with Crippen LogP contribution in [0.5, 0.6) is 0 Å². The quantitative estimate of drug-likeness (QED) is 0.819. The molecule has 4 N–H and O–H groups in total. The molecule has 0 unspecified atom stereocenters. The minimum absolute atomic E-state index is 0.150. The molecule has 3 rings (SSSR count). The van der Waals surface area contributed by atoms with E-state index in [4.69, 9.17) is 23.1 Å². The van der Waals surface area contributed by atoms with E-state index in [0.29, 0.717) is 10.7 Å². The Morgan fingerprint density at radius 3 is 2.95 bits per heavy atom. The van der Waals surface area contributed by atoms with E-state index in [2.05, 4.69) is 9.88 Å². The van der Waals surface area contributed by atoms with Crippen molar-refractivity contribution >= 4 is 34.4 Å². The summed E-state index contributed by atoms with van der Waals surface area (Å²) >= 11 is 6.25. The summed E-state index contributed by atoms with van der Waals surface area (Å²) in [7, 11) is 0. The number of hydrogen-bond donors (Lipinski definition) is 2. The molecule has 7 heteroatoms. The summed E-state index contributed by atoms with van der Waals surface area (Å²) in [6.45, 7) is 1.60. The van der Waals surface area contributed by atoms with Crippen LogP contribution in [-0.4, -0.2) is 34.7 Å². The van der Waals surface area contributed by atoms with Crippen LogP contribution < -0.4 is 16.4 Å². The van der Waals surface area contributed by atoms with Gasteiger partial charge < -0.3 is 16.4 Å². The van der Waals surface area contributed by atoms with Crippen LogP contribution in [0.2, 0.25) is 5.02 Å². The number of nitrogens with two attached hydrogens (primary N) is 2. The molecule has 2 aromatic heterocycles. The van der Waals surface area contributed by atoms with Gasteiger partial charge in [0, 0.05) is 30.7 Å². The smallest absolute Gasteiger partial charge is 0.324 e. The predicted octanol–water partition coefficient (Wildman–Crippen LogP) is 1.15. The van der Waals surface area contributed by atoms with Gasteiger partial charge in [-0.1, -0.05) is 11.6 Å². The number of carbonyl (C=O) groups excluding carboxylic acids is 1. The number of nitrogens with zero attached hydrogens (tertiary/aromatic N) is 3. The average molecular weight is 280 g/mol. The van der Waals surface area contributed by atoms with Crippen molar-refractivity contribution < 1.29 is 4.79 Å². The highest BCUT2D eigenvalue weighted by atomic mass is 35.5. The molecule has 1 atom stereocenters. The largest absolute Gasteiger partial charge is 0.368 e. The van der Waals surface area contributed by atoms with Crippen LogP contribution in [0.3, 0.4) is 0 Å². The van der Waals surface area contributed by atoms with Crippen molar-refractivity contribution in [3.8, 4) is 0 Å². The van der Waals surface area contributed by atoms with E-state index in [0.717, 1.165) is 30.6 Å². The SMILES string of the molecule is NC(=O)n1ccc2c(N3CC[C@@H](N)C3)c(Cl)cnc21. The summed E-state index contributed by atoms with van der Waals surface area (Å²) < 4.78 is 1.31. The van der Waals surface area contributed by atoms with Crippen LogP contribution in [0.25, 0.3) is 11.0 Å². The van der Waals surface area contributed by atoms with Crippen molar-refractivity contribution in [3.63, 3.8) is 0 Å². The second-order valence-electron chi connectivity index (χ2n) is 4.71. The Morgan fingerprint density at radius 1 is 1.53 bits per heavy atom. The number of primary amides is 1. The summed E-state index contributed by atoms with van der Waals surface area (Å²) in [4.78, 5) is 17.6. The molecule has 0 radical (unpaired) electrons. The number of aromatic nitrogens is 2. The number of fused-ring (bicyclic) bond motifs is 1. The second-order valence-corrected chi connectivity index (χ2v) is 5.12. The molecule has 2 aromatic rings. The number of rotatable bonds is 1. The van der Waals surface area contributed by atoms with Gasteiger partial charge in [-0.15, -0.1) is 0 Å². The lowest BCUT2D eigenvalue weighted by Crippen LogP contribution is -2.26. The Kier molecular flexibility index (Phi) is 2.83. The number of anilines is 1. The third-order valence-corrected chi connectivity index (χ3v) is 3.70. The Labute approximate surface area is 114 Å². The van der Waals surface area contributed by atoms with Gasteiger partial charge in [0.15, 0.2) is 0 Å². The zero-order valence-electron chi connectivity index (χ0n) is 10.2. The first-order valence-corrected chi connectivity index (χ1v) is 6.41. The molecule has 3 heterocycles. The van der Waals surface area contributed by atoms with Crippen molar-refractivity contribution in [2.75, 3.05) is 18.0 Å². The summed E-state index contributed by atoms with van der Waals surface area (Å²) in [6, 6.07) is 1.39.